The van der Waals surface area contributed by atoms with Crippen LogP contribution in [0.5, 0.6) is 0 Å². The monoisotopic (exact) mass is 184 g/mol. The SMILES string of the molecule is [2H][13CH]([15N]=[12C]([14NH2])[14NH2])[12C]([2H])([2H])[13CH]([2H])[13C@H]([15NH2])[13C](=O)O. The quantitative estimate of drug-likeness (QED) is 0.178. The highest BCUT2D eigenvalue weighted by Crippen LogP contribution is 1.94. The Bertz CT molecular complexity index is 294. The van der Waals surface area contributed by atoms with Crippen LogP contribution in [0.4, 0.5) is 0 Å². The van der Waals surface area contributed by atoms with Crippen LogP contribution in [0.3, 0.4) is 0 Å². The molecule has 0 aromatic carbocycles. The zero-order valence-electron chi connectivity index (χ0n) is 10.3. The Labute approximate surface area is 76.1 Å². The number of carbonyl (C=O) groups is 1. The maximum absolute atomic E-state index is 10.5. The Morgan fingerprint density at radius 3 is 2.67 bits per heavy atom. The topological polar surface area (TPSA) is 128 Å². The fourth-order valence-corrected chi connectivity index (χ4v) is 0.330. The summed E-state index contributed by atoms with van der Waals surface area (Å²) in [6, 6.07) is -1.75. The number of nitrogens with two attached hydrogens (primary N) is 3. The lowest BCUT2D eigenvalue weighted by atomic mass is 10.8. The summed E-state index contributed by atoms with van der Waals surface area (Å²) in [5.41, 5.74) is 15.0. The summed E-state index contributed by atoms with van der Waals surface area (Å²) in [5.74, 6) is -2.04. The molecule has 3 atom stereocenters. The lowest BCUT2D eigenvalue weighted by Gasteiger charge is -2.03. The van der Waals surface area contributed by atoms with Crippen LogP contribution < -0.4 is 17.2 Å². The standard InChI is InChI=1S/C6H14N4O2/c7-4(5(11)12)2-1-3-10-6(8)9/h4H,1-3,7H2,(H,11,12)(H4,8,9,10)/t4-/m0/s1/i1+0D2,2+1D,3+1D,4+1,5+1,6+0,7+1,8+0,9+0,10+1/t2?,3?,4-. The minimum Gasteiger partial charge on any atom is -0.480 e. The molecule has 0 aliphatic carbocycles. The van der Waals surface area contributed by atoms with Crippen molar-refractivity contribution in [1.29, 1.82) is 0 Å². The minimum atomic E-state index is -2.57. The Balaban J connectivity index is 4.90. The molecule has 0 bridgehead atoms. The van der Waals surface area contributed by atoms with Crippen LogP contribution >= 0.6 is 0 Å². The zero-order chi connectivity index (χ0) is 13.1. The number of hydrogen-bond donors (Lipinski definition) is 4. The predicted octanol–water partition coefficient (Wildman–Crippen LogP) is -1.55. The van der Waals surface area contributed by atoms with Gasteiger partial charge in [-0.15, -0.1) is 0 Å². The van der Waals surface area contributed by atoms with Crippen molar-refractivity contribution in [3.63, 3.8) is 0 Å². The van der Waals surface area contributed by atoms with E-state index in [-0.39, 0.29) is 0 Å². The van der Waals surface area contributed by atoms with Crippen LogP contribution in [-0.2, 0) is 4.79 Å². The second kappa shape index (κ2) is 5.36. The molecule has 0 fully saturated rings. The van der Waals surface area contributed by atoms with Crippen molar-refractivity contribution < 1.29 is 15.4 Å². The molecular weight excluding hydrogens is 166 g/mol. The first-order chi connectivity index (χ1) is 7.10. The molecule has 6 heteroatoms. The molecular formula is C6H14N4O2. The van der Waals surface area contributed by atoms with E-state index in [1.807, 2.05) is 0 Å². The molecule has 0 aromatic rings. The van der Waals surface area contributed by atoms with Gasteiger partial charge in [0, 0.05) is 10.6 Å². The van der Waals surface area contributed by atoms with Crippen molar-refractivity contribution in [1.82, 2.24) is 0 Å². The smallest absolute Gasteiger partial charge is 0.320 e. The molecule has 0 radical (unpaired) electrons. The van der Waals surface area contributed by atoms with E-state index in [2.05, 4.69) is 4.99 Å². The molecule has 0 aromatic heterocycles. The molecule has 0 saturated heterocycles. The molecule has 2 unspecified atom stereocenters. The van der Waals surface area contributed by atoms with Crippen molar-refractivity contribution in [2.24, 2.45) is 22.2 Å². The second-order valence-electron chi connectivity index (χ2n) is 1.88. The average Bonchev–Trinajstić information content (AvgIpc) is 2.14. The molecule has 70 valence electrons. The number of aliphatic imine (C=N–C) groups is 1. The third-order valence-electron chi connectivity index (χ3n) is 0.849. The number of rotatable bonds is 5. The van der Waals surface area contributed by atoms with E-state index in [1.165, 1.54) is 0 Å². The first-order valence-electron chi connectivity index (χ1n) is 5.17. The largest absolute Gasteiger partial charge is 0.480 e. The molecule has 12 heavy (non-hydrogen) atoms. The van der Waals surface area contributed by atoms with Gasteiger partial charge in [0.25, 0.3) is 0 Å². The van der Waals surface area contributed by atoms with Crippen LogP contribution in [-0.4, -0.2) is 29.6 Å². The van der Waals surface area contributed by atoms with Crippen molar-refractivity contribution >= 4 is 11.9 Å². The minimum absolute atomic E-state index is 0.514. The molecule has 0 rings (SSSR count). The predicted molar refractivity (Wildman–Crippen MR) is 45.5 cm³/mol. The summed E-state index contributed by atoms with van der Waals surface area (Å²) < 4.78 is 29.4. The van der Waals surface area contributed by atoms with Crippen molar-refractivity contribution in [2.75, 3.05) is 6.52 Å². The van der Waals surface area contributed by atoms with Gasteiger partial charge in [-0.05, 0) is 12.8 Å². The second-order valence-corrected chi connectivity index (χ2v) is 1.88. The Kier molecular flexibility index (Phi) is 2.40. The fourth-order valence-electron chi connectivity index (χ4n) is 0.330. The van der Waals surface area contributed by atoms with Gasteiger partial charge >= 0.3 is 5.97 Å². The highest BCUT2D eigenvalue weighted by molar-refractivity contribution is 5.75. The van der Waals surface area contributed by atoms with Gasteiger partial charge in [-0.25, -0.2) is 0 Å². The maximum Gasteiger partial charge on any atom is 0.320 e. The van der Waals surface area contributed by atoms with E-state index < -0.39 is 37.3 Å². The molecule has 0 heterocycles. The van der Waals surface area contributed by atoms with Crippen LogP contribution in [0, 0.1) is 0 Å². The van der Waals surface area contributed by atoms with Gasteiger partial charge in [0.05, 0.1) is 1.37 Å². The highest BCUT2D eigenvalue weighted by Gasteiger charge is 2.09. The number of aliphatic carboxylic acids is 1. The lowest BCUT2D eigenvalue weighted by Crippen LogP contribution is -2.30. The van der Waals surface area contributed by atoms with E-state index in [9.17, 15) is 4.79 Å². The average molecular weight is 184 g/mol. The zero-order valence-corrected chi connectivity index (χ0v) is 6.27. The highest BCUT2D eigenvalue weighted by atomic mass is 16.5. The summed E-state index contributed by atoms with van der Waals surface area (Å²) in [5, 5.41) is 8.52. The van der Waals surface area contributed by atoms with Gasteiger partial charge < -0.3 is 22.3 Å². The number of guanidine groups is 1. The third kappa shape index (κ3) is 5.48. The van der Waals surface area contributed by atoms with Crippen LogP contribution in [0.1, 0.15) is 18.3 Å². The van der Waals surface area contributed by atoms with E-state index in [0.717, 1.165) is 0 Å². The summed E-state index contributed by atoms with van der Waals surface area (Å²) in [6.07, 6.45) is -4.42. The molecule has 0 saturated carbocycles. The van der Waals surface area contributed by atoms with Gasteiger partial charge in [-0.3, -0.25) is 9.79 Å². The van der Waals surface area contributed by atoms with Crippen molar-refractivity contribution in [3.05, 3.63) is 0 Å². The summed E-state index contributed by atoms with van der Waals surface area (Å²) in [7, 11) is 0. The van der Waals surface area contributed by atoms with Gasteiger partial charge in [-0.1, -0.05) is 0 Å². The van der Waals surface area contributed by atoms with Gasteiger partial charge in [0.2, 0.25) is 0 Å². The van der Waals surface area contributed by atoms with Crippen molar-refractivity contribution in [3.8, 4) is 0 Å². The van der Waals surface area contributed by atoms with Crippen LogP contribution in [0.2, 0.25) is 0 Å². The number of carboxylic acids is 1. The Morgan fingerprint density at radius 2 is 2.25 bits per heavy atom. The third-order valence-corrected chi connectivity index (χ3v) is 0.849. The lowest BCUT2D eigenvalue weighted by molar-refractivity contribution is -0.138. The number of hydrogen-bond acceptors (Lipinski definition) is 3. The summed E-state index contributed by atoms with van der Waals surface area (Å²) >= 11 is 0. The van der Waals surface area contributed by atoms with E-state index in [4.69, 9.17) is 27.8 Å². The number of carboxylic acid groups (broad SMARTS) is 1. The Hall–Kier alpha value is -1.30. The maximum atomic E-state index is 10.5. The van der Waals surface area contributed by atoms with Crippen LogP contribution in [0.25, 0.3) is 0 Å². The number of nitrogens with zero attached hydrogens (tertiary/aromatic N) is 1. The first kappa shape index (κ1) is 5.36. The first-order valence-corrected chi connectivity index (χ1v) is 3.02. The molecule has 7 N–H and O–H groups in total. The van der Waals surface area contributed by atoms with E-state index in [1.54, 1.807) is 0 Å². The summed E-state index contributed by atoms with van der Waals surface area (Å²) in [4.78, 5) is 13.7. The van der Waals surface area contributed by atoms with Gasteiger partial charge in [0.15, 0.2) is 5.96 Å². The van der Waals surface area contributed by atoms with Crippen LogP contribution in [0.15, 0.2) is 4.99 Å². The summed E-state index contributed by atoms with van der Waals surface area (Å²) in [6.45, 7) is -1.80. The van der Waals surface area contributed by atoms with E-state index in [0.29, 0.717) is 0 Å². The van der Waals surface area contributed by atoms with Gasteiger partial charge in [-0.2, -0.15) is 0 Å². The fraction of sp³-hybridized carbons (Fsp3) is 0.667. The normalized spacial score (nSPS) is 23.4. The molecule has 0 amide bonds. The van der Waals surface area contributed by atoms with Gasteiger partial charge in [0.1, 0.15) is 6.04 Å². The molecule has 0 spiro atoms. The molecule has 0 aliphatic rings. The molecule has 6 nitrogen and oxygen atoms in total. The Morgan fingerprint density at radius 1 is 1.67 bits per heavy atom. The molecule has 0 aliphatic heterocycles. The van der Waals surface area contributed by atoms with Crippen molar-refractivity contribution in [2.45, 2.75) is 18.8 Å². The van der Waals surface area contributed by atoms with E-state index >= 15 is 0 Å².